The Morgan fingerprint density at radius 1 is 1.33 bits per heavy atom. The van der Waals surface area contributed by atoms with E-state index < -0.39 is 0 Å². The Kier molecular flexibility index (Phi) is 4.75. The maximum atomic E-state index is 13.4. The third-order valence-corrected chi connectivity index (χ3v) is 4.13. The summed E-state index contributed by atoms with van der Waals surface area (Å²) in [6, 6.07) is 5.14. The zero-order chi connectivity index (χ0) is 15.6. The number of nitrogens with zero attached hydrogens (tertiary/aromatic N) is 2. The van der Waals surface area contributed by atoms with Gasteiger partial charge in [0.2, 0.25) is 0 Å². The molecule has 1 aromatic carbocycles. The minimum atomic E-state index is -0.187. The van der Waals surface area contributed by atoms with Gasteiger partial charge < -0.3 is 0 Å². The van der Waals surface area contributed by atoms with Crippen LogP contribution >= 0.6 is 0 Å². The Labute approximate surface area is 125 Å². The maximum absolute atomic E-state index is 13.4. The first-order valence-electron chi connectivity index (χ1n) is 7.15. The highest BCUT2D eigenvalue weighted by atomic mass is 19.1. The monoisotopic (exact) mass is 290 g/mol. The molecule has 0 amide bonds. The molecule has 4 nitrogen and oxygen atoms in total. The summed E-state index contributed by atoms with van der Waals surface area (Å²) in [5.41, 5.74) is 7.98. The number of benzene rings is 1. The van der Waals surface area contributed by atoms with Gasteiger partial charge in [-0.25, -0.2) is 4.39 Å². The molecule has 0 radical (unpaired) electrons. The van der Waals surface area contributed by atoms with Crippen molar-refractivity contribution in [3.05, 3.63) is 52.1 Å². The molecule has 5 heteroatoms. The lowest BCUT2D eigenvalue weighted by Gasteiger charge is -2.17. The number of halogens is 1. The number of aryl methyl sites for hydroxylation is 3. The molecule has 0 saturated carbocycles. The number of aromatic nitrogens is 2. The lowest BCUT2D eigenvalue weighted by molar-refractivity contribution is 0.513. The van der Waals surface area contributed by atoms with Crippen LogP contribution in [0.4, 0.5) is 4.39 Å². The molecular formula is C16H23FN4. The predicted octanol–water partition coefficient (Wildman–Crippen LogP) is 2.62. The van der Waals surface area contributed by atoms with Crippen LogP contribution in [0.15, 0.2) is 18.2 Å². The molecule has 0 spiro atoms. The fourth-order valence-electron chi connectivity index (χ4n) is 2.70. The Bertz CT molecular complexity index is 633. The van der Waals surface area contributed by atoms with E-state index in [9.17, 15) is 4.39 Å². The molecule has 0 aliphatic carbocycles. The summed E-state index contributed by atoms with van der Waals surface area (Å²) >= 11 is 0. The molecule has 3 N–H and O–H groups in total. The maximum Gasteiger partial charge on any atom is 0.126 e. The fourth-order valence-corrected chi connectivity index (χ4v) is 2.70. The van der Waals surface area contributed by atoms with E-state index in [0.717, 1.165) is 24.1 Å². The largest absolute Gasteiger partial charge is 0.272 e. The average molecular weight is 290 g/mol. The predicted molar refractivity (Wildman–Crippen MR) is 82.2 cm³/mol. The van der Waals surface area contributed by atoms with Gasteiger partial charge in [-0.15, -0.1) is 0 Å². The average Bonchev–Trinajstić information content (AvgIpc) is 2.69. The summed E-state index contributed by atoms with van der Waals surface area (Å²) in [5, 5.41) is 4.43. The van der Waals surface area contributed by atoms with Gasteiger partial charge in [0.25, 0.3) is 0 Å². The highest BCUT2D eigenvalue weighted by molar-refractivity contribution is 5.28. The first kappa shape index (κ1) is 15.7. The van der Waals surface area contributed by atoms with Gasteiger partial charge in [-0.1, -0.05) is 12.1 Å². The summed E-state index contributed by atoms with van der Waals surface area (Å²) in [4.78, 5) is 0. The van der Waals surface area contributed by atoms with Crippen molar-refractivity contribution in [3.8, 4) is 0 Å². The summed E-state index contributed by atoms with van der Waals surface area (Å²) in [7, 11) is 1.95. The van der Waals surface area contributed by atoms with Crippen LogP contribution in [0.1, 0.15) is 40.5 Å². The zero-order valence-corrected chi connectivity index (χ0v) is 13.1. The Hall–Kier alpha value is -1.72. The molecule has 0 saturated heterocycles. The molecule has 114 valence electrons. The number of nitrogens with two attached hydrogens (primary N) is 1. The van der Waals surface area contributed by atoms with Crippen LogP contribution in [-0.2, 0) is 13.5 Å². The Balaban J connectivity index is 2.14. The van der Waals surface area contributed by atoms with Gasteiger partial charge in [0.05, 0.1) is 5.69 Å². The summed E-state index contributed by atoms with van der Waals surface area (Å²) in [6.07, 6.45) is 1.73. The molecular weight excluding hydrogens is 267 g/mol. The number of nitrogens with one attached hydrogen (secondary N) is 1. The van der Waals surface area contributed by atoms with E-state index in [1.807, 2.05) is 24.7 Å². The lowest BCUT2D eigenvalue weighted by atomic mass is 9.97. The van der Waals surface area contributed by atoms with Gasteiger partial charge in [0.15, 0.2) is 0 Å². The molecule has 1 atom stereocenters. The third kappa shape index (κ3) is 3.31. The fraction of sp³-hybridized carbons (Fsp3) is 0.438. The van der Waals surface area contributed by atoms with Crippen molar-refractivity contribution in [2.24, 2.45) is 12.9 Å². The third-order valence-electron chi connectivity index (χ3n) is 4.13. The SMILES string of the molecule is Cc1cc(C(CCc2c(C)nn(C)c2C)NN)ccc1F. The molecule has 2 rings (SSSR count). The topological polar surface area (TPSA) is 55.9 Å². The van der Waals surface area contributed by atoms with E-state index in [0.29, 0.717) is 5.56 Å². The first-order valence-corrected chi connectivity index (χ1v) is 7.15. The second-order valence-corrected chi connectivity index (χ2v) is 5.54. The van der Waals surface area contributed by atoms with Crippen molar-refractivity contribution in [1.29, 1.82) is 0 Å². The van der Waals surface area contributed by atoms with Gasteiger partial charge in [-0.3, -0.25) is 16.0 Å². The van der Waals surface area contributed by atoms with Crippen LogP contribution in [0.2, 0.25) is 0 Å². The van der Waals surface area contributed by atoms with Crippen LogP contribution in [-0.4, -0.2) is 9.78 Å². The highest BCUT2D eigenvalue weighted by Gasteiger charge is 2.15. The quantitative estimate of drug-likeness (QED) is 0.657. The Morgan fingerprint density at radius 2 is 2.05 bits per heavy atom. The summed E-state index contributed by atoms with van der Waals surface area (Å²) in [6.45, 7) is 5.86. The number of hydrogen-bond donors (Lipinski definition) is 2. The van der Waals surface area contributed by atoms with Crippen LogP contribution < -0.4 is 11.3 Å². The van der Waals surface area contributed by atoms with Crippen molar-refractivity contribution < 1.29 is 4.39 Å². The second kappa shape index (κ2) is 6.37. The van der Waals surface area contributed by atoms with Gasteiger partial charge in [-0.05, 0) is 56.4 Å². The summed E-state index contributed by atoms with van der Waals surface area (Å²) in [5.74, 6) is 5.49. The van der Waals surface area contributed by atoms with E-state index in [2.05, 4.69) is 17.4 Å². The van der Waals surface area contributed by atoms with Crippen molar-refractivity contribution in [1.82, 2.24) is 15.2 Å². The van der Waals surface area contributed by atoms with Crippen molar-refractivity contribution in [3.63, 3.8) is 0 Å². The van der Waals surface area contributed by atoms with E-state index in [4.69, 9.17) is 5.84 Å². The van der Waals surface area contributed by atoms with Crippen LogP contribution in [0, 0.1) is 26.6 Å². The molecule has 1 unspecified atom stereocenters. The minimum absolute atomic E-state index is 0.00306. The highest BCUT2D eigenvalue weighted by Crippen LogP contribution is 2.23. The molecule has 1 aromatic heterocycles. The van der Waals surface area contributed by atoms with E-state index in [1.165, 1.54) is 17.3 Å². The normalized spacial score (nSPS) is 12.7. The van der Waals surface area contributed by atoms with Crippen molar-refractivity contribution >= 4 is 0 Å². The molecule has 0 aliphatic rings. The lowest BCUT2D eigenvalue weighted by Crippen LogP contribution is -2.28. The number of hydrazine groups is 1. The first-order chi connectivity index (χ1) is 9.93. The van der Waals surface area contributed by atoms with Gasteiger partial charge in [0.1, 0.15) is 5.82 Å². The molecule has 0 fully saturated rings. The smallest absolute Gasteiger partial charge is 0.126 e. The molecule has 0 aliphatic heterocycles. The van der Waals surface area contributed by atoms with Crippen molar-refractivity contribution in [2.45, 2.75) is 39.7 Å². The summed E-state index contributed by atoms with van der Waals surface area (Å²) < 4.78 is 15.3. The van der Waals surface area contributed by atoms with Crippen LogP contribution in [0.25, 0.3) is 0 Å². The van der Waals surface area contributed by atoms with Crippen molar-refractivity contribution in [2.75, 3.05) is 0 Å². The van der Waals surface area contributed by atoms with Crippen LogP contribution in [0.3, 0.4) is 0 Å². The second-order valence-electron chi connectivity index (χ2n) is 5.54. The van der Waals surface area contributed by atoms with Gasteiger partial charge in [-0.2, -0.15) is 5.10 Å². The minimum Gasteiger partial charge on any atom is -0.272 e. The van der Waals surface area contributed by atoms with E-state index in [-0.39, 0.29) is 11.9 Å². The molecule has 1 heterocycles. The molecule has 2 aromatic rings. The van der Waals surface area contributed by atoms with E-state index in [1.54, 1.807) is 13.0 Å². The molecule has 0 bridgehead atoms. The van der Waals surface area contributed by atoms with E-state index >= 15 is 0 Å². The standard InChI is InChI=1S/C16H23FN4/c1-10-9-13(5-7-15(10)17)16(19-18)8-6-14-11(2)20-21(4)12(14)3/h5,7,9,16,19H,6,8,18H2,1-4H3. The Morgan fingerprint density at radius 3 is 2.57 bits per heavy atom. The van der Waals surface area contributed by atoms with Gasteiger partial charge in [0, 0.05) is 18.8 Å². The van der Waals surface area contributed by atoms with Gasteiger partial charge >= 0.3 is 0 Å². The zero-order valence-electron chi connectivity index (χ0n) is 13.1. The number of rotatable bonds is 5. The number of hydrogen-bond acceptors (Lipinski definition) is 3. The molecule has 21 heavy (non-hydrogen) atoms. The van der Waals surface area contributed by atoms with Crippen LogP contribution in [0.5, 0.6) is 0 Å².